The molecule has 0 radical (unpaired) electrons. The van der Waals surface area contributed by atoms with E-state index in [2.05, 4.69) is 80.4 Å². The SMILES string of the molecule is BrC1(Br)Cc2ccc(cc2)CCc2ccc1cc2. The summed E-state index contributed by atoms with van der Waals surface area (Å²) in [6.45, 7) is 0. The molecule has 4 aliphatic rings. The Bertz CT molecular complexity index is 538. The van der Waals surface area contributed by atoms with Gasteiger partial charge in [-0.05, 0) is 35.1 Å². The van der Waals surface area contributed by atoms with Crippen molar-refractivity contribution in [1.82, 2.24) is 0 Å². The summed E-state index contributed by atoms with van der Waals surface area (Å²) in [5, 5.41) is 0. The fraction of sp³-hybridized carbons (Fsp3) is 0.250. The van der Waals surface area contributed by atoms with Crippen LogP contribution in [0.15, 0.2) is 48.5 Å². The number of aryl methyl sites for hydroxylation is 2. The summed E-state index contributed by atoms with van der Waals surface area (Å²) in [5.41, 5.74) is 5.44. The maximum atomic E-state index is 3.80. The van der Waals surface area contributed by atoms with E-state index in [9.17, 15) is 0 Å². The highest BCUT2D eigenvalue weighted by atomic mass is 79.9. The Morgan fingerprint density at radius 1 is 0.667 bits per heavy atom. The summed E-state index contributed by atoms with van der Waals surface area (Å²) in [6, 6.07) is 17.9. The number of hydrogen-bond acceptors (Lipinski definition) is 0. The second kappa shape index (κ2) is 4.82. The van der Waals surface area contributed by atoms with Crippen LogP contribution in [0.1, 0.15) is 22.3 Å². The molecule has 0 spiro atoms. The quantitative estimate of drug-likeness (QED) is 0.578. The smallest absolute Gasteiger partial charge is 0.0671 e. The van der Waals surface area contributed by atoms with Gasteiger partial charge in [-0.1, -0.05) is 80.4 Å². The fourth-order valence-electron chi connectivity index (χ4n) is 2.39. The molecule has 0 aliphatic heterocycles. The van der Waals surface area contributed by atoms with Gasteiger partial charge in [-0.2, -0.15) is 0 Å². The Morgan fingerprint density at radius 3 is 1.67 bits per heavy atom. The predicted molar refractivity (Wildman–Crippen MR) is 83.5 cm³/mol. The molecule has 18 heavy (non-hydrogen) atoms. The highest BCUT2D eigenvalue weighted by molar-refractivity contribution is 9.24. The number of alkyl halides is 2. The summed E-state index contributed by atoms with van der Waals surface area (Å²) in [4.78, 5) is 0. The van der Waals surface area contributed by atoms with Crippen molar-refractivity contribution in [1.29, 1.82) is 0 Å². The molecule has 4 bridgehead atoms. The number of halogens is 2. The van der Waals surface area contributed by atoms with Crippen LogP contribution >= 0.6 is 31.9 Å². The minimum atomic E-state index is -0.167. The normalized spacial score (nSPS) is 17.2. The zero-order chi connectivity index (χ0) is 12.6. The minimum absolute atomic E-state index is 0.167. The molecule has 0 saturated heterocycles. The van der Waals surface area contributed by atoms with Gasteiger partial charge in [0.2, 0.25) is 0 Å². The second-order valence-electron chi connectivity index (χ2n) is 4.89. The maximum absolute atomic E-state index is 3.80. The summed E-state index contributed by atoms with van der Waals surface area (Å²) in [7, 11) is 0. The van der Waals surface area contributed by atoms with Gasteiger partial charge in [0.15, 0.2) is 0 Å². The zero-order valence-corrected chi connectivity index (χ0v) is 13.2. The van der Waals surface area contributed by atoms with Crippen LogP contribution in [0.3, 0.4) is 0 Å². The molecule has 0 saturated carbocycles. The third-order valence-corrected chi connectivity index (χ3v) is 5.00. The molecule has 6 rings (SSSR count). The summed E-state index contributed by atoms with van der Waals surface area (Å²) in [6.07, 6.45) is 3.16. The number of hydrogen-bond donors (Lipinski definition) is 0. The average Bonchev–Trinajstić information content (AvgIpc) is 2.36. The third-order valence-electron chi connectivity index (χ3n) is 3.53. The third kappa shape index (κ3) is 2.55. The van der Waals surface area contributed by atoms with Crippen molar-refractivity contribution in [3.63, 3.8) is 0 Å². The summed E-state index contributed by atoms with van der Waals surface area (Å²) in [5.74, 6) is 0. The van der Waals surface area contributed by atoms with Gasteiger partial charge in [0.1, 0.15) is 3.23 Å². The van der Waals surface area contributed by atoms with E-state index in [1.807, 2.05) is 0 Å². The molecular weight excluding hydrogens is 352 g/mol. The second-order valence-corrected chi connectivity index (χ2v) is 8.67. The van der Waals surface area contributed by atoms with E-state index < -0.39 is 0 Å². The molecule has 4 aliphatic carbocycles. The largest absolute Gasteiger partial charge is 0.109 e. The monoisotopic (exact) mass is 364 g/mol. The minimum Gasteiger partial charge on any atom is -0.0671 e. The van der Waals surface area contributed by atoms with Crippen molar-refractivity contribution < 1.29 is 0 Å². The standard InChI is InChI=1S/C16H14Br2/c17-16(18)11-14-5-3-12(4-6-14)1-2-13-7-9-15(16)10-8-13/h3-10H,1-2,11H2. The molecule has 0 fully saturated rings. The van der Waals surface area contributed by atoms with Crippen molar-refractivity contribution in [2.45, 2.75) is 22.5 Å². The average molecular weight is 366 g/mol. The van der Waals surface area contributed by atoms with Crippen LogP contribution in [0, 0.1) is 0 Å². The molecule has 0 nitrogen and oxygen atoms in total. The van der Waals surface area contributed by atoms with Crippen LogP contribution in [-0.2, 0) is 22.5 Å². The lowest BCUT2D eigenvalue weighted by Gasteiger charge is -2.22. The van der Waals surface area contributed by atoms with Gasteiger partial charge >= 0.3 is 0 Å². The first-order valence-electron chi connectivity index (χ1n) is 6.18. The highest BCUT2D eigenvalue weighted by Gasteiger charge is 2.25. The van der Waals surface area contributed by atoms with E-state index >= 15 is 0 Å². The first-order valence-corrected chi connectivity index (χ1v) is 7.77. The van der Waals surface area contributed by atoms with Gasteiger partial charge in [-0.25, -0.2) is 0 Å². The molecule has 0 aromatic heterocycles. The van der Waals surface area contributed by atoms with E-state index in [4.69, 9.17) is 0 Å². The Morgan fingerprint density at radius 2 is 1.11 bits per heavy atom. The lowest BCUT2D eigenvalue weighted by atomic mass is 9.97. The van der Waals surface area contributed by atoms with Gasteiger partial charge in [0.25, 0.3) is 0 Å². The molecule has 0 atom stereocenters. The molecule has 2 aromatic carbocycles. The van der Waals surface area contributed by atoms with Crippen molar-refractivity contribution >= 4 is 31.9 Å². The van der Waals surface area contributed by atoms with E-state index in [1.165, 1.54) is 22.3 Å². The Kier molecular flexibility index (Phi) is 3.33. The van der Waals surface area contributed by atoms with Crippen LogP contribution in [0.2, 0.25) is 0 Å². The van der Waals surface area contributed by atoms with Crippen LogP contribution < -0.4 is 0 Å². The van der Waals surface area contributed by atoms with Crippen LogP contribution in [0.25, 0.3) is 0 Å². The maximum Gasteiger partial charge on any atom is 0.109 e. The van der Waals surface area contributed by atoms with Crippen molar-refractivity contribution in [3.05, 3.63) is 70.8 Å². The molecule has 0 amide bonds. The van der Waals surface area contributed by atoms with Gasteiger partial charge in [-0.15, -0.1) is 0 Å². The topological polar surface area (TPSA) is 0 Å². The lowest BCUT2D eigenvalue weighted by molar-refractivity contribution is 0.883. The number of benzene rings is 2. The molecule has 0 heterocycles. The van der Waals surface area contributed by atoms with Crippen molar-refractivity contribution in [2.75, 3.05) is 0 Å². The highest BCUT2D eigenvalue weighted by Crippen LogP contribution is 2.41. The Hall–Kier alpha value is -0.600. The van der Waals surface area contributed by atoms with E-state index in [-0.39, 0.29) is 3.23 Å². The lowest BCUT2D eigenvalue weighted by Crippen LogP contribution is -2.13. The molecule has 0 unspecified atom stereocenters. The first-order chi connectivity index (χ1) is 8.63. The van der Waals surface area contributed by atoms with Gasteiger partial charge < -0.3 is 0 Å². The van der Waals surface area contributed by atoms with Crippen LogP contribution in [0.5, 0.6) is 0 Å². The summed E-state index contributed by atoms with van der Waals surface area (Å²) < 4.78 is -0.167. The molecule has 92 valence electrons. The zero-order valence-electron chi connectivity index (χ0n) is 10.00. The number of rotatable bonds is 0. The molecule has 0 N–H and O–H groups in total. The van der Waals surface area contributed by atoms with Crippen LogP contribution in [0.4, 0.5) is 0 Å². The fourth-order valence-corrected chi connectivity index (χ4v) is 3.56. The molecule has 2 aromatic rings. The van der Waals surface area contributed by atoms with Gasteiger partial charge in [0.05, 0.1) is 0 Å². The van der Waals surface area contributed by atoms with Crippen LogP contribution in [-0.4, -0.2) is 0 Å². The van der Waals surface area contributed by atoms with Gasteiger partial charge in [-0.3, -0.25) is 0 Å². The van der Waals surface area contributed by atoms with E-state index in [0.717, 1.165) is 19.3 Å². The Balaban J connectivity index is 2.08. The van der Waals surface area contributed by atoms with E-state index in [1.54, 1.807) is 0 Å². The van der Waals surface area contributed by atoms with Gasteiger partial charge in [0, 0.05) is 6.42 Å². The first kappa shape index (κ1) is 12.4. The van der Waals surface area contributed by atoms with Crippen molar-refractivity contribution in [2.24, 2.45) is 0 Å². The summed E-state index contributed by atoms with van der Waals surface area (Å²) >= 11 is 7.61. The van der Waals surface area contributed by atoms with E-state index in [0.29, 0.717) is 0 Å². The Labute approximate surface area is 125 Å². The van der Waals surface area contributed by atoms with Crippen molar-refractivity contribution in [3.8, 4) is 0 Å². The molecule has 2 heteroatoms. The molecular formula is C16H14Br2. The predicted octanol–water partition coefficient (Wildman–Crippen LogP) is 4.97.